The van der Waals surface area contributed by atoms with Gasteiger partial charge in [-0.25, -0.2) is 9.18 Å². The maximum atomic E-state index is 12.9. The third kappa shape index (κ3) is 3.77. The number of rotatable bonds is 4. The zero-order chi connectivity index (χ0) is 18.0. The Kier molecular flexibility index (Phi) is 4.67. The van der Waals surface area contributed by atoms with E-state index in [-0.39, 0.29) is 28.9 Å². The van der Waals surface area contributed by atoms with Gasteiger partial charge in [0, 0.05) is 10.6 Å². The molecule has 0 aliphatic carbocycles. The van der Waals surface area contributed by atoms with Crippen LogP contribution in [0.25, 0.3) is 11.5 Å². The van der Waals surface area contributed by atoms with Gasteiger partial charge in [-0.1, -0.05) is 11.6 Å². The SMILES string of the molecule is C[C@H](OC(=O)c1ccc(Cl)cc1O)c1nnc(-c2ccc(F)cc2)o1. The molecule has 1 heterocycles. The smallest absolute Gasteiger partial charge is 0.342 e. The summed E-state index contributed by atoms with van der Waals surface area (Å²) in [4.78, 5) is 12.1. The molecule has 0 saturated heterocycles. The molecule has 0 bridgehead atoms. The summed E-state index contributed by atoms with van der Waals surface area (Å²) in [6.07, 6.45) is -0.843. The summed E-state index contributed by atoms with van der Waals surface area (Å²) in [7, 11) is 0. The fourth-order valence-electron chi connectivity index (χ4n) is 2.06. The molecule has 25 heavy (non-hydrogen) atoms. The molecule has 2 aromatic carbocycles. The normalized spacial score (nSPS) is 12.0. The van der Waals surface area contributed by atoms with Crippen molar-refractivity contribution in [1.29, 1.82) is 0 Å². The van der Waals surface area contributed by atoms with Crippen LogP contribution in [0.3, 0.4) is 0 Å². The standard InChI is InChI=1S/C17H12ClFN2O4/c1-9(24-17(23)13-7-4-11(18)8-14(13)22)15-20-21-16(25-15)10-2-5-12(19)6-3-10/h2-9,22H,1H3/t9-/m0/s1. The van der Waals surface area contributed by atoms with E-state index in [0.29, 0.717) is 10.6 Å². The molecule has 0 radical (unpaired) electrons. The van der Waals surface area contributed by atoms with Crippen LogP contribution in [0, 0.1) is 5.82 Å². The van der Waals surface area contributed by atoms with Gasteiger partial charge in [0.25, 0.3) is 5.89 Å². The highest BCUT2D eigenvalue weighted by Gasteiger charge is 2.21. The van der Waals surface area contributed by atoms with Gasteiger partial charge in [0.15, 0.2) is 6.10 Å². The first-order valence-electron chi connectivity index (χ1n) is 7.23. The van der Waals surface area contributed by atoms with Crippen LogP contribution in [-0.2, 0) is 4.74 Å². The van der Waals surface area contributed by atoms with E-state index in [2.05, 4.69) is 10.2 Å². The second kappa shape index (κ2) is 6.90. The molecule has 128 valence electrons. The first-order chi connectivity index (χ1) is 11.9. The number of halogens is 2. The Morgan fingerprint density at radius 3 is 2.64 bits per heavy atom. The molecule has 0 fully saturated rings. The van der Waals surface area contributed by atoms with Gasteiger partial charge in [-0.15, -0.1) is 10.2 Å². The predicted octanol–water partition coefficient (Wildman–Crippen LogP) is 4.15. The topological polar surface area (TPSA) is 85.5 Å². The molecule has 0 amide bonds. The average molecular weight is 363 g/mol. The number of carbonyl (C=O) groups excluding carboxylic acids is 1. The summed E-state index contributed by atoms with van der Waals surface area (Å²) in [6.45, 7) is 1.55. The highest BCUT2D eigenvalue weighted by atomic mass is 35.5. The van der Waals surface area contributed by atoms with E-state index in [1.807, 2.05) is 0 Å². The van der Waals surface area contributed by atoms with Crippen molar-refractivity contribution < 1.29 is 23.4 Å². The van der Waals surface area contributed by atoms with Crippen molar-refractivity contribution in [1.82, 2.24) is 10.2 Å². The van der Waals surface area contributed by atoms with Crippen LogP contribution in [0.15, 0.2) is 46.9 Å². The highest BCUT2D eigenvalue weighted by Crippen LogP contribution is 2.26. The maximum absolute atomic E-state index is 12.9. The zero-order valence-corrected chi connectivity index (χ0v) is 13.7. The van der Waals surface area contributed by atoms with Crippen LogP contribution in [0.5, 0.6) is 5.75 Å². The summed E-state index contributed by atoms with van der Waals surface area (Å²) in [5.74, 6) is -1.19. The third-order valence-electron chi connectivity index (χ3n) is 3.34. The lowest BCUT2D eigenvalue weighted by Gasteiger charge is -2.10. The zero-order valence-electron chi connectivity index (χ0n) is 12.9. The van der Waals surface area contributed by atoms with Crippen molar-refractivity contribution in [2.45, 2.75) is 13.0 Å². The number of nitrogens with zero attached hydrogens (tertiary/aromatic N) is 2. The molecule has 3 rings (SSSR count). The van der Waals surface area contributed by atoms with E-state index < -0.39 is 12.1 Å². The minimum absolute atomic E-state index is 0.0328. The molecule has 1 N–H and O–H groups in total. The van der Waals surface area contributed by atoms with E-state index in [0.717, 1.165) is 0 Å². The lowest BCUT2D eigenvalue weighted by molar-refractivity contribution is 0.0277. The Hall–Kier alpha value is -2.93. The van der Waals surface area contributed by atoms with Crippen LogP contribution in [0.2, 0.25) is 5.02 Å². The molecule has 0 aliphatic rings. The number of aromatic nitrogens is 2. The molecule has 6 nitrogen and oxygen atoms in total. The molecule has 1 aromatic heterocycles. The Labute approximate surface area is 146 Å². The van der Waals surface area contributed by atoms with Crippen molar-refractivity contribution >= 4 is 17.6 Å². The van der Waals surface area contributed by atoms with Gasteiger partial charge in [0.05, 0.1) is 0 Å². The van der Waals surface area contributed by atoms with Crippen LogP contribution in [0.4, 0.5) is 4.39 Å². The number of aromatic hydroxyl groups is 1. The molecule has 3 aromatic rings. The van der Waals surface area contributed by atoms with Crippen molar-refractivity contribution in [2.75, 3.05) is 0 Å². The second-order valence-electron chi connectivity index (χ2n) is 5.16. The van der Waals surface area contributed by atoms with Gasteiger partial charge in [-0.2, -0.15) is 0 Å². The number of phenolic OH excluding ortho intramolecular Hbond substituents is 1. The lowest BCUT2D eigenvalue weighted by Crippen LogP contribution is -2.09. The number of hydrogen-bond acceptors (Lipinski definition) is 6. The molecule has 0 saturated carbocycles. The van der Waals surface area contributed by atoms with E-state index in [1.165, 1.54) is 42.5 Å². The molecule has 8 heteroatoms. The van der Waals surface area contributed by atoms with Gasteiger partial charge in [-0.05, 0) is 49.4 Å². The van der Waals surface area contributed by atoms with Crippen LogP contribution in [-0.4, -0.2) is 21.3 Å². The minimum atomic E-state index is -0.843. The Morgan fingerprint density at radius 1 is 1.24 bits per heavy atom. The van der Waals surface area contributed by atoms with E-state index >= 15 is 0 Å². The number of phenols is 1. The fourth-order valence-corrected chi connectivity index (χ4v) is 2.23. The minimum Gasteiger partial charge on any atom is -0.507 e. The molecule has 1 atom stereocenters. The number of carbonyl (C=O) groups is 1. The Morgan fingerprint density at radius 2 is 1.96 bits per heavy atom. The monoisotopic (exact) mass is 362 g/mol. The summed E-state index contributed by atoms with van der Waals surface area (Å²) < 4.78 is 23.6. The molecule has 0 aliphatic heterocycles. The second-order valence-corrected chi connectivity index (χ2v) is 5.60. The maximum Gasteiger partial charge on any atom is 0.342 e. The van der Waals surface area contributed by atoms with E-state index in [9.17, 15) is 14.3 Å². The first kappa shape index (κ1) is 16.9. The summed E-state index contributed by atoms with van der Waals surface area (Å²) in [5, 5.41) is 17.7. The third-order valence-corrected chi connectivity index (χ3v) is 3.58. The molecule has 0 spiro atoms. The number of benzene rings is 2. The van der Waals surface area contributed by atoms with Crippen LogP contribution < -0.4 is 0 Å². The Balaban J connectivity index is 1.74. The fraction of sp³-hybridized carbons (Fsp3) is 0.118. The molecular weight excluding hydrogens is 351 g/mol. The Bertz CT molecular complexity index is 911. The van der Waals surface area contributed by atoms with Gasteiger partial charge in [0.1, 0.15) is 17.1 Å². The quantitative estimate of drug-likeness (QED) is 0.701. The first-order valence-corrected chi connectivity index (χ1v) is 7.60. The number of hydrogen-bond donors (Lipinski definition) is 1. The van der Waals surface area contributed by atoms with E-state index in [4.69, 9.17) is 20.8 Å². The average Bonchev–Trinajstić information content (AvgIpc) is 3.05. The van der Waals surface area contributed by atoms with Crippen molar-refractivity contribution in [3.05, 3.63) is 64.8 Å². The molecule has 0 unspecified atom stereocenters. The van der Waals surface area contributed by atoms with Crippen LogP contribution >= 0.6 is 11.6 Å². The largest absolute Gasteiger partial charge is 0.507 e. The van der Waals surface area contributed by atoms with Crippen molar-refractivity contribution in [3.63, 3.8) is 0 Å². The van der Waals surface area contributed by atoms with Crippen LogP contribution in [0.1, 0.15) is 29.3 Å². The molecular formula is C17H12ClFN2O4. The van der Waals surface area contributed by atoms with Gasteiger partial charge >= 0.3 is 5.97 Å². The highest BCUT2D eigenvalue weighted by molar-refractivity contribution is 6.30. The van der Waals surface area contributed by atoms with Crippen molar-refractivity contribution in [3.8, 4) is 17.2 Å². The van der Waals surface area contributed by atoms with Gasteiger partial charge in [-0.3, -0.25) is 0 Å². The van der Waals surface area contributed by atoms with Gasteiger partial charge in [0.2, 0.25) is 5.89 Å². The summed E-state index contributed by atoms with van der Waals surface area (Å²) in [6, 6.07) is 9.58. The number of ether oxygens (including phenoxy) is 1. The summed E-state index contributed by atoms with van der Waals surface area (Å²) in [5.41, 5.74) is 0.503. The lowest BCUT2D eigenvalue weighted by atomic mass is 10.2. The predicted molar refractivity (Wildman–Crippen MR) is 86.6 cm³/mol. The van der Waals surface area contributed by atoms with E-state index in [1.54, 1.807) is 6.92 Å². The number of esters is 1. The van der Waals surface area contributed by atoms with Gasteiger partial charge < -0.3 is 14.3 Å². The summed E-state index contributed by atoms with van der Waals surface area (Å²) >= 11 is 5.73. The van der Waals surface area contributed by atoms with Crippen molar-refractivity contribution in [2.24, 2.45) is 0 Å².